The molecule has 6 rings (SSSR count). The number of hydrogen-bond acceptors (Lipinski definition) is 2. The van der Waals surface area contributed by atoms with Crippen molar-refractivity contribution in [1.29, 1.82) is 0 Å². The van der Waals surface area contributed by atoms with Gasteiger partial charge in [-0.25, -0.2) is 0 Å². The third kappa shape index (κ3) is 2.33. The van der Waals surface area contributed by atoms with Crippen LogP contribution >= 0.6 is 0 Å². The molecule has 5 aliphatic carbocycles. The number of benzene rings is 1. The van der Waals surface area contributed by atoms with Crippen LogP contribution in [0.3, 0.4) is 0 Å². The van der Waals surface area contributed by atoms with Gasteiger partial charge in [0, 0.05) is 0 Å². The summed E-state index contributed by atoms with van der Waals surface area (Å²) >= 11 is 0. The first-order valence-electron chi connectivity index (χ1n) is 9.54. The molecular formula is C21H26O2. The van der Waals surface area contributed by atoms with Crippen molar-refractivity contribution in [2.24, 2.45) is 23.2 Å². The Labute approximate surface area is 138 Å². The van der Waals surface area contributed by atoms with Gasteiger partial charge in [0.05, 0.1) is 5.41 Å². The maximum atomic E-state index is 13.0. The van der Waals surface area contributed by atoms with Gasteiger partial charge < -0.3 is 4.74 Å². The second-order valence-electron chi connectivity index (χ2n) is 8.73. The number of fused-ring (bicyclic) bond motifs is 1. The van der Waals surface area contributed by atoms with Gasteiger partial charge in [-0.3, -0.25) is 4.79 Å². The van der Waals surface area contributed by atoms with Crippen molar-refractivity contribution in [3.05, 3.63) is 29.3 Å². The SMILES string of the molecule is O=C(Oc1ccc2c(c1)CCCC2)C12CC3CC(CC(C3)C1)C2. The summed E-state index contributed by atoms with van der Waals surface area (Å²) in [5.41, 5.74) is 2.70. The number of aryl methyl sites for hydroxylation is 2. The molecule has 0 radical (unpaired) electrons. The Hall–Kier alpha value is -1.31. The molecule has 1 aromatic carbocycles. The van der Waals surface area contributed by atoms with E-state index in [0.29, 0.717) is 0 Å². The zero-order chi connectivity index (χ0) is 15.4. The molecule has 4 bridgehead atoms. The van der Waals surface area contributed by atoms with E-state index in [-0.39, 0.29) is 11.4 Å². The van der Waals surface area contributed by atoms with Gasteiger partial charge in [0.1, 0.15) is 5.75 Å². The number of carbonyl (C=O) groups is 1. The van der Waals surface area contributed by atoms with E-state index in [1.54, 1.807) is 0 Å². The monoisotopic (exact) mass is 310 g/mol. The van der Waals surface area contributed by atoms with E-state index in [9.17, 15) is 4.79 Å². The van der Waals surface area contributed by atoms with E-state index < -0.39 is 0 Å². The lowest BCUT2D eigenvalue weighted by Gasteiger charge is -2.55. The summed E-state index contributed by atoms with van der Waals surface area (Å²) in [6.45, 7) is 0. The highest BCUT2D eigenvalue weighted by Crippen LogP contribution is 2.60. The molecular weight excluding hydrogens is 284 g/mol. The molecule has 0 amide bonds. The smallest absolute Gasteiger partial charge is 0.317 e. The molecule has 0 atom stereocenters. The summed E-state index contributed by atoms with van der Waals surface area (Å²) in [5, 5.41) is 0. The van der Waals surface area contributed by atoms with Crippen molar-refractivity contribution in [2.45, 2.75) is 64.2 Å². The van der Waals surface area contributed by atoms with E-state index in [4.69, 9.17) is 4.74 Å². The van der Waals surface area contributed by atoms with E-state index >= 15 is 0 Å². The van der Waals surface area contributed by atoms with Gasteiger partial charge in [-0.2, -0.15) is 0 Å². The predicted molar refractivity (Wildman–Crippen MR) is 89.3 cm³/mol. The Bertz CT molecular complexity index is 610. The predicted octanol–water partition coefficient (Wildman–Crippen LogP) is 4.69. The topological polar surface area (TPSA) is 26.3 Å². The molecule has 2 nitrogen and oxygen atoms in total. The molecule has 0 saturated heterocycles. The maximum Gasteiger partial charge on any atom is 0.317 e. The van der Waals surface area contributed by atoms with Crippen LogP contribution in [0.25, 0.3) is 0 Å². The molecule has 0 aromatic heterocycles. The zero-order valence-electron chi connectivity index (χ0n) is 13.9. The zero-order valence-corrected chi connectivity index (χ0v) is 13.9. The molecule has 0 spiro atoms. The van der Waals surface area contributed by atoms with Gasteiger partial charge >= 0.3 is 5.97 Å². The molecule has 2 heteroatoms. The van der Waals surface area contributed by atoms with Crippen molar-refractivity contribution in [3.8, 4) is 5.75 Å². The van der Waals surface area contributed by atoms with Crippen LogP contribution in [0.5, 0.6) is 5.75 Å². The molecule has 0 unspecified atom stereocenters. The van der Waals surface area contributed by atoms with Crippen LogP contribution in [0.4, 0.5) is 0 Å². The van der Waals surface area contributed by atoms with Crippen molar-refractivity contribution in [1.82, 2.24) is 0 Å². The van der Waals surface area contributed by atoms with Crippen molar-refractivity contribution >= 4 is 5.97 Å². The fourth-order valence-electron chi connectivity index (χ4n) is 6.35. The fraction of sp³-hybridized carbons (Fsp3) is 0.667. The third-order valence-electron chi connectivity index (χ3n) is 7.00. The standard InChI is InChI=1S/C21H26O2/c22-20(21-11-14-7-15(12-21)9-16(8-14)13-21)23-19-6-5-17-3-1-2-4-18(17)10-19/h5-6,10,14-16H,1-4,7-9,11-13H2. The molecule has 23 heavy (non-hydrogen) atoms. The summed E-state index contributed by atoms with van der Waals surface area (Å²) in [6.07, 6.45) is 12.2. The number of rotatable bonds is 2. The fourth-order valence-corrected chi connectivity index (χ4v) is 6.35. The molecule has 4 fully saturated rings. The molecule has 122 valence electrons. The van der Waals surface area contributed by atoms with Crippen LogP contribution < -0.4 is 4.74 Å². The molecule has 1 aromatic rings. The lowest BCUT2D eigenvalue weighted by Crippen LogP contribution is -2.51. The van der Waals surface area contributed by atoms with Crippen LogP contribution in [0.1, 0.15) is 62.5 Å². The Balaban J connectivity index is 1.37. The van der Waals surface area contributed by atoms with Gasteiger partial charge in [-0.05, 0) is 105 Å². The molecule has 5 aliphatic rings. The van der Waals surface area contributed by atoms with Gasteiger partial charge in [0.15, 0.2) is 0 Å². The van der Waals surface area contributed by atoms with Crippen LogP contribution in [0.15, 0.2) is 18.2 Å². The average Bonchev–Trinajstić information content (AvgIpc) is 2.53. The Kier molecular flexibility index (Phi) is 3.11. The number of carbonyl (C=O) groups excluding carboxylic acids is 1. The van der Waals surface area contributed by atoms with Crippen molar-refractivity contribution < 1.29 is 9.53 Å². The van der Waals surface area contributed by atoms with Gasteiger partial charge in [0.2, 0.25) is 0 Å². The largest absolute Gasteiger partial charge is 0.426 e. The Morgan fingerprint density at radius 3 is 2.17 bits per heavy atom. The molecule has 0 N–H and O–H groups in total. The second-order valence-corrected chi connectivity index (χ2v) is 8.73. The van der Waals surface area contributed by atoms with E-state index in [2.05, 4.69) is 12.1 Å². The minimum absolute atomic E-state index is 0.0763. The first kappa shape index (κ1) is 14.1. The first-order valence-corrected chi connectivity index (χ1v) is 9.54. The van der Waals surface area contributed by atoms with Crippen LogP contribution in [0, 0.1) is 23.2 Å². The minimum atomic E-state index is -0.148. The van der Waals surface area contributed by atoms with Crippen LogP contribution in [-0.4, -0.2) is 5.97 Å². The lowest BCUT2D eigenvalue weighted by atomic mass is 9.49. The van der Waals surface area contributed by atoms with Crippen LogP contribution in [-0.2, 0) is 17.6 Å². The second kappa shape index (κ2) is 5.09. The number of hydrogen-bond donors (Lipinski definition) is 0. The first-order chi connectivity index (χ1) is 11.2. The highest BCUT2D eigenvalue weighted by molar-refractivity contribution is 5.80. The quantitative estimate of drug-likeness (QED) is 0.585. The summed E-state index contributed by atoms with van der Waals surface area (Å²) < 4.78 is 5.93. The minimum Gasteiger partial charge on any atom is -0.426 e. The van der Waals surface area contributed by atoms with Gasteiger partial charge in [-0.1, -0.05) is 6.07 Å². The number of esters is 1. The van der Waals surface area contributed by atoms with Crippen molar-refractivity contribution in [3.63, 3.8) is 0 Å². The highest BCUT2D eigenvalue weighted by Gasteiger charge is 2.55. The van der Waals surface area contributed by atoms with E-state index in [1.807, 2.05) is 6.07 Å². The molecule has 0 aliphatic heterocycles. The van der Waals surface area contributed by atoms with E-state index in [1.165, 1.54) is 49.7 Å². The summed E-state index contributed by atoms with van der Waals surface area (Å²) in [4.78, 5) is 13.0. The highest BCUT2D eigenvalue weighted by atomic mass is 16.5. The van der Waals surface area contributed by atoms with E-state index in [0.717, 1.165) is 49.2 Å². The summed E-state index contributed by atoms with van der Waals surface area (Å²) in [5.74, 6) is 3.23. The summed E-state index contributed by atoms with van der Waals surface area (Å²) in [6, 6.07) is 6.33. The Morgan fingerprint density at radius 1 is 0.913 bits per heavy atom. The normalized spacial score (nSPS) is 37.5. The maximum absolute atomic E-state index is 13.0. The summed E-state index contributed by atoms with van der Waals surface area (Å²) in [7, 11) is 0. The third-order valence-corrected chi connectivity index (χ3v) is 7.00. The Morgan fingerprint density at radius 2 is 1.52 bits per heavy atom. The average molecular weight is 310 g/mol. The molecule has 0 heterocycles. The van der Waals surface area contributed by atoms with Crippen LogP contribution in [0.2, 0.25) is 0 Å². The molecule has 4 saturated carbocycles. The van der Waals surface area contributed by atoms with Crippen molar-refractivity contribution in [2.75, 3.05) is 0 Å². The number of ether oxygens (including phenoxy) is 1. The van der Waals surface area contributed by atoms with Gasteiger partial charge in [-0.15, -0.1) is 0 Å². The van der Waals surface area contributed by atoms with Gasteiger partial charge in [0.25, 0.3) is 0 Å². The lowest BCUT2D eigenvalue weighted by molar-refractivity contribution is -0.161.